The molecule has 0 aliphatic carbocycles. The number of fused-ring (bicyclic) bond motifs is 1. The van der Waals surface area contributed by atoms with Crippen LogP contribution in [-0.4, -0.2) is 19.7 Å². The molecule has 2 aromatic heterocycles. The van der Waals surface area contributed by atoms with Crippen molar-refractivity contribution in [3.05, 3.63) is 59.5 Å². The fourth-order valence-corrected chi connectivity index (χ4v) is 2.13. The standard InChI is InChI=1S/C14H10F3N3O/c15-14(16,17)10-5-2-1-4-9(10)8-12-18-13-11(21)6-3-7-20(13)19-12/h1-7,21H,8H2. The summed E-state index contributed by atoms with van der Waals surface area (Å²) in [6, 6.07) is 8.33. The number of halogens is 3. The molecular formula is C14H10F3N3O. The molecule has 4 nitrogen and oxygen atoms in total. The summed E-state index contributed by atoms with van der Waals surface area (Å²) in [5.74, 6) is 0.147. The molecule has 2 heterocycles. The first-order chi connectivity index (χ1) is 9.95. The summed E-state index contributed by atoms with van der Waals surface area (Å²) in [4.78, 5) is 4.07. The summed E-state index contributed by atoms with van der Waals surface area (Å²) in [6.45, 7) is 0. The number of nitrogens with zero attached hydrogens (tertiary/aromatic N) is 3. The minimum atomic E-state index is -4.42. The molecule has 0 spiro atoms. The number of aromatic hydroxyl groups is 1. The van der Waals surface area contributed by atoms with Gasteiger partial charge in [0.2, 0.25) is 0 Å². The number of aromatic nitrogens is 3. The molecule has 0 saturated carbocycles. The fourth-order valence-electron chi connectivity index (χ4n) is 2.13. The molecule has 1 N–H and O–H groups in total. The summed E-state index contributed by atoms with van der Waals surface area (Å²) in [5.41, 5.74) is -0.384. The van der Waals surface area contributed by atoms with Gasteiger partial charge >= 0.3 is 6.18 Å². The van der Waals surface area contributed by atoms with Gasteiger partial charge in [-0.2, -0.15) is 18.3 Å². The minimum absolute atomic E-state index is 0.0587. The van der Waals surface area contributed by atoms with E-state index in [0.717, 1.165) is 6.07 Å². The van der Waals surface area contributed by atoms with Gasteiger partial charge in [-0.15, -0.1) is 0 Å². The topological polar surface area (TPSA) is 50.4 Å². The second-order valence-electron chi connectivity index (χ2n) is 4.52. The van der Waals surface area contributed by atoms with E-state index in [0.29, 0.717) is 0 Å². The molecule has 0 aliphatic heterocycles. The number of pyridine rings is 1. The van der Waals surface area contributed by atoms with E-state index < -0.39 is 11.7 Å². The van der Waals surface area contributed by atoms with Crippen LogP contribution in [0.25, 0.3) is 5.65 Å². The molecule has 0 fully saturated rings. The van der Waals surface area contributed by atoms with Gasteiger partial charge < -0.3 is 5.11 Å². The summed E-state index contributed by atoms with van der Waals surface area (Å²) >= 11 is 0. The van der Waals surface area contributed by atoms with E-state index in [4.69, 9.17) is 0 Å². The van der Waals surface area contributed by atoms with Crippen molar-refractivity contribution in [3.8, 4) is 5.75 Å². The smallest absolute Gasteiger partial charge is 0.416 e. The number of benzene rings is 1. The quantitative estimate of drug-likeness (QED) is 0.790. The van der Waals surface area contributed by atoms with Gasteiger partial charge in [0, 0.05) is 12.6 Å². The summed E-state index contributed by atoms with van der Waals surface area (Å²) in [6.07, 6.45) is -2.91. The molecule has 0 aliphatic rings. The van der Waals surface area contributed by atoms with Gasteiger partial charge in [0.1, 0.15) is 0 Å². The van der Waals surface area contributed by atoms with Crippen molar-refractivity contribution in [3.63, 3.8) is 0 Å². The Morgan fingerprint density at radius 3 is 2.57 bits per heavy atom. The van der Waals surface area contributed by atoms with Crippen LogP contribution in [0.3, 0.4) is 0 Å². The Morgan fingerprint density at radius 1 is 1.10 bits per heavy atom. The van der Waals surface area contributed by atoms with Crippen LogP contribution in [0.4, 0.5) is 13.2 Å². The fraction of sp³-hybridized carbons (Fsp3) is 0.143. The highest BCUT2D eigenvalue weighted by molar-refractivity contribution is 5.51. The number of alkyl halides is 3. The van der Waals surface area contributed by atoms with E-state index >= 15 is 0 Å². The molecular weight excluding hydrogens is 283 g/mol. The third kappa shape index (κ3) is 2.54. The maximum absolute atomic E-state index is 12.9. The Bertz CT molecular complexity index is 796. The molecule has 0 bridgehead atoms. The van der Waals surface area contributed by atoms with Crippen LogP contribution in [0.2, 0.25) is 0 Å². The van der Waals surface area contributed by atoms with Crippen molar-refractivity contribution in [2.45, 2.75) is 12.6 Å². The Balaban J connectivity index is 2.01. The van der Waals surface area contributed by atoms with E-state index in [9.17, 15) is 18.3 Å². The molecule has 0 radical (unpaired) electrons. The summed E-state index contributed by atoms with van der Waals surface area (Å²) in [5, 5.41) is 13.7. The third-order valence-electron chi connectivity index (χ3n) is 3.06. The average molecular weight is 293 g/mol. The van der Waals surface area contributed by atoms with Crippen LogP contribution in [-0.2, 0) is 12.6 Å². The van der Waals surface area contributed by atoms with Gasteiger partial charge in [-0.25, -0.2) is 9.50 Å². The first-order valence-electron chi connectivity index (χ1n) is 6.13. The lowest BCUT2D eigenvalue weighted by Gasteiger charge is -2.11. The second-order valence-corrected chi connectivity index (χ2v) is 4.52. The molecule has 21 heavy (non-hydrogen) atoms. The zero-order valence-electron chi connectivity index (χ0n) is 10.7. The Hall–Kier alpha value is -2.57. The molecule has 1 aromatic carbocycles. The summed E-state index contributed by atoms with van der Waals surface area (Å²) in [7, 11) is 0. The first kappa shape index (κ1) is 13.4. The highest BCUT2D eigenvalue weighted by atomic mass is 19.4. The molecule has 0 unspecified atom stereocenters. The highest BCUT2D eigenvalue weighted by Crippen LogP contribution is 2.32. The number of rotatable bonds is 2. The second kappa shape index (κ2) is 4.76. The van der Waals surface area contributed by atoms with E-state index in [1.54, 1.807) is 12.3 Å². The van der Waals surface area contributed by atoms with Crippen molar-refractivity contribution < 1.29 is 18.3 Å². The Labute approximate surface area is 117 Å². The predicted octanol–water partition coefficient (Wildman–Crippen LogP) is 3.04. The van der Waals surface area contributed by atoms with E-state index in [1.807, 2.05) is 0 Å². The van der Waals surface area contributed by atoms with Gasteiger partial charge in [0.15, 0.2) is 17.2 Å². The largest absolute Gasteiger partial charge is 0.504 e. The lowest BCUT2D eigenvalue weighted by molar-refractivity contribution is -0.138. The maximum atomic E-state index is 12.9. The van der Waals surface area contributed by atoms with Crippen molar-refractivity contribution in [2.24, 2.45) is 0 Å². The van der Waals surface area contributed by atoms with Crippen LogP contribution in [0.1, 0.15) is 17.0 Å². The molecule has 0 saturated heterocycles. The van der Waals surface area contributed by atoms with E-state index in [2.05, 4.69) is 10.1 Å². The molecule has 0 amide bonds. The van der Waals surface area contributed by atoms with E-state index in [-0.39, 0.29) is 29.2 Å². The van der Waals surface area contributed by atoms with Crippen molar-refractivity contribution in [1.82, 2.24) is 14.6 Å². The SMILES string of the molecule is Oc1cccn2nc(Cc3ccccc3C(F)(F)F)nc12. The molecule has 3 aromatic rings. The zero-order valence-corrected chi connectivity index (χ0v) is 10.7. The van der Waals surface area contributed by atoms with Crippen LogP contribution < -0.4 is 0 Å². The predicted molar refractivity (Wildman–Crippen MR) is 68.9 cm³/mol. The van der Waals surface area contributed by atoms with E-state index in [1.165, 1.54) is 28.8 Å². The number of hydrogen-bond donors (Lipinski definition) is 1. The lowest BCUT2D eigenvalue weighted by Crippen LogP contribution is -2.09. The minimum Gasteiger partial charge on any atom is -0.504 e. The molecule has 7 heteroatoms. The highest BCUT2D eigenvalue weighted by Gasteiger charge is 2.33. The van der Waals surface area contributed by atoms with Crippen molar-refractivity contribution in [2.75, 3.05) is 0 Å². The molecule has 3 rings (SSSR count). The zero-order chi connectivity index (χ0) is 15.0. The first-order valence-corrected chi connectivity index (χ1v) is 6.13. The monoisotopic (exact) mass is 293 g/mol. The van der Waals surface area contributed by atoms with Gasteiger partial charge in [-0.1, -0.05) is 18.2 Å². The van der Waals surface area contributed by atoms with Crippen molar-refractivity contribution >= 4 is 5.65 Å². The van der Waals surface area contributed by atoms with Crippen molar-refractivity contribution in [1.29, 1.82) is 0 Å². The third-order valence-corrected chi connectivity index (χ3v) is 3.06. The van der Waals surface area contributed by atoms with Gasteiger partial charge in [0.05, 0.1) is 5.56 Å². The van der Waals surface area contributed by atoms with Gasteiger partial charge in [0.25, 0.3) is 0 Å². The van der Waals surface area contributed by atoms with Crippen LogP contribution in [0, 0.1) is 0 Å². The van der Waals surface area contributed by atoms with Gasteiger partial charge in [-0.05, 0) is 23.8 Å². The Kier molecular flexibility index (Phi) is 3.04. The van der Waals surface area contributed by atoms with Gasteiger partial charge in [-0.3, -0.25) is 0 Å². The lowest BCUT2D eigenvalue weighted by atomic mass is 10.0. The Morgan fingerprint density at radius 2 is 1.86 bits per heavy atom. The number of hydrogen-bond acceptors (Lipinski definition) is 3. The molecule has 108 valence electrons. The van der Waals surface area contributed by atoms with Crippen LogP contribution >= 0.6 is 0 Å². The van der Waals surface area contributed by atoms with Crippen LogP contribution in [0.15, 0.2) is 42.6 Å². The maximum Gasteiger partial charge on any atom is 0.416 e. The van der Waals surface area contributed by atoms with Crippen LogP contribution in [0.5, 0.6) is 5.75 Å². The normalized spacial score (nSPS) is 12.0. The molecule has 0 atom stereocenters. The summed E-state index contributed by atoms with van der Waals surface area (Å²) < 4.78 is 40.1. The average Bonchev–Trinajstić information content (AvgIpc) is 2.82.